The Hall–Kier alpha value is -2.69. The van der Waals surface area contributed by atoms with Crippen molar-refractivity contribution in [3.8, 4) is 5.75 Å². The number of halogens is 1. The van der Waals surface area contributed by atoms with Gasteiger partial charge < -0.3 is 10.1 Å². The molecule has 0 bridgehead atoms. The number of hydrogen-bond acceptors (Lipinski definition) is 3. The van der Waals surface area contributed by atoms with E-state index >= 15 is 0 Å². The van der Waals surface area contributed by atoms with Crippen molar-refractivity contribution in [3.05, 3.63) is 66.2 Å². The first kappa shape index (κ1) is 14.7. The van der Waals surface area contributed by atoms with Gasteiger partial charge in [-0.15, -0.1) is 0 Å². The maximum atomic E-state index is 12.9. The van der Waals surface area contributed by atoms with Gasteiger partial charge in [-0.1, -0.05) is 12.1 Å². The van der Waals surface area contributed by atoms with Crippen LogP contribution in [-0.4, -0.2) is 24.0 Å². The highest BCUT2D eigenvalue weighted by atomic mass is 19.1. The number of nitrogens with one attached hydrogen (secondary N) is 1. The molecule has 0 saturated heterocycles. The Morgan fingerprint density at radius 2 is 2.24 bits per heavy atom. The largest absolute Gasteiger partial charge is 0.492 e. The van der Waals surface area contributed by atoms with E-state index in [0.29, 0.717) is 12.3 Å². The number of carbonyl (C=O) groups excluding carboxylic acids is 1. The van der Waals surface area contributed by atoms with Gasteiger partial charge in [0, 0.05) is 24.5 Å². The second-order valence-corrected chi connectivity index (χ2v) is 4.22. The molecule has 1 amide bonds. The van der Waals surface area contributed by atoms with E-state index in [0.717, 1.165) is 5.56 Å². The first-order valence-electron chi connectivity index (χ1n) is 6.48. The summed E-state index contributed by atoms with van der Waals surface area (Å²) in [7, 11) is 0. The predicted molar refractivity (Wildman–Crippen MR) is 78.2 cm³/mol. The van der Waals surface area contributed by atoms with Crippen molar-refractivity contribution in [1.29, 1.82) is 0 Å². The van der Waals surface area contributed by atoms with E-state index in [1.165, 1.54) is 18.2 Å². The van der Waals surface area contributed by atoms with Crippen molar-refractivity contribution < 1.29 is 13.9 Å². The molecule has 5 heteroatoms. The number of amides is 1. The van der Waals surface area contributed by atoms with Gasteiger partial charge in [0.05, 0.1) is 6.54 Å². The molecule has 0 radical (unpaired) electrons. The van der Waals surface area contributed by atoms with Gasteiger partial charge in [0.25, 0.3) is 0 Å². The molecular formula is C16H15FN2O2. The zero-order chi connectivity index (χ0) is 14.9. The van der Waals surface area contributed by atoms with Gasteiger partial charge in [-0.25, -0.2) is 4.39 Å². The van der Waals surface area contributed by atoms with Crippen LogP contribution in [0, 0.1) is 5.82 Å². The van der Waals surface area contributed by atoms with Crippen LogP contribution in [-0.2, 0) is 4.79 Å². The summed E-state index contributed by atoms with van der Waals surface area (Å²) in [6.07, 6.45) is 6.44. The summed E-state index contributed by atoms with van der Waals surface area (Å²) < 4.78 is 18.2. The number of rotatable bonds is 6. The van der Waals surface area contributed by atoms with E-state index in [1.54, 1.807) is 36.7 Å². The van der Waals surface area contributed by atoms with Crippen LogP contribution in [0.25, 0.3) is 6.08 Å². The molecule has 0 aliphatic heterocycles. The van der Waals surface area contributed by atoms with Crippen LogP contribution in [0.1, 0.15) is 5.56 Å². The monoisotopic (exact) mass is 286 g/mol. The highest BCUT2D eigenvalue weighted by molar-refractivity contribution is 5.91. The van der Waals surface area contributed by atoms with E-state index in [2.05, 4.69) is 10.3 Å². The third kappa shape index (κ3) is 5.44. The lowest BCUT2D eigenvalue weighted by atomic mass is 10.2. The fraction of sp³-hybridized carbons (Fsp3) is 0.125. The molecular weight excluding hydrogens is 271 g/mol. The molecule has 1 N–H and O–H groups in total. The fourth-order valence-electron chi connectivity index (χ4n) is 1.61. The minimum atomic E-state index is -0.351. The number of aromatic nitrogens is 1. The van der Waals surface area contributed by atoms with Gasteiger partial charge in [-0.05, 0) is 29.8 Å². The minimum absolute atomic E-state index is 0.221. The molecule has 1 heterocycles. The van der Waals surface area contributed by atoms with Crippen LogP contribution >= 0.6 is 0 Å². The van der Waals surface area contributed by atoms with Crippen LogP contribution in [0.4, 0.5) is 4.39 Å². The van der Waals surface area contributed by atoms with Gasteiger partial charge in [-0.2, -0.15) is 0 Å². The zero-order valence-electron chi connectivity index (χ0n) is 11.3. The number of pyridine rings is 1. The van der Waals surface area contributed by atoms with Gasteiger partial charge >= 0.3 is 0 Å². The number of ether oxygens (including phenoxy) is 1. The molecule has 0 saturated carbocycles. The topological polar surface area (TPSA) is 51.2 Å². The molecule has 4 nitrogen and oxygen atoms in total. The molecule has 0 spiro atoms. The predicted octanol–water partition coefficient (Wildman–Crippen LogP) is 2.43. The second kappa shape index (κ2) is 7.79. The lowest BCUT2D eigenvalue weighted by Crippen LogP contribution is -2.26. The van der Waals surface area contributed by atoms with Crippen LogP contribution in [0.2, 0.25) is 0 Å². The maximum absolute atomic E-state index is 12.9. The number of nitrogens with zero attached hydrogens (tertiary/aromatic N) is 1. The normalized spacial score (nSPS) is 10.5. The average Bonchev–Trinajstić information content (AvgIpc) is 2.51. The van der Waals surface area contributed by atoms with Crippen LogP contribution in [0.5, 0.6) is 5.75 Å². The van der Waals surface area contributed by atoms with Gasteiger partial charge in [0.15, 0.2) is 0 Å². The maximum Gasteiger partial charge on any atom is 0.244 e. The molecule has 2 aromatic rings. The number of hydrogen-bond donors (Lipinski definition) is 1. The Morgan fingerprint density at radius 1 is 1.33 bits per heavy atom. The molecule has 1 aromatic carbocycles. The summed E-state index contributed by atoms with van der Waals surface area (Å²) in [5.41, 5.74) is 0.851. The van der Waals surface area contributed by atoms with Gasteiger partial charge in [0.2, 0.25) is 5.91 Å². The second-order valence-electron chi connectivity index (χ2n) is 4.22. The van der Waals surface area contributed by atoms with Crippen molar-refractivity contribution >= 4 is 12.0 Å². The van der Waals surface area contributed by atoms with E-state index in [1.807, 2.05) is 6.07 Å². The Balaban J connectivity index is 1.69. The molecule has 0 aliphatic rings. The van der Waals surface area contributed by atoms with Gasteiger partial charge in [0.1, 0.15) is 18.2 Å². The van der Waals surface area contributed by atoms with Gasteiger partial charge in [-0.3, -0.25) is 9.78 Å². The first-order chi connectivity index (χ1) is 10.2. The zero-order valence-corrected chi connectivity index (χ0v) is 11.3. The summed E-state index contributed by atoms with van der Waals surface area (Å²) in [6.45, 7) is 0.614. The first-order valence-corrected chi connectivity index (χ1v) is 6.48. The smallest absolute Gasteiger partial charge is 0.244 e. The number of carbonyl (C=O) groups is 1. The summed E-state index contributed by atoms with van der Waals surface area (Å²) in [6, 6.07) is 9.52. The standard InChI is InChI=1S/C16H15FN2O2/c17-14-4-1-5-15(11-14)21-10-9-19-16(20)7-6-13-3-2-8-18-12-13/h1-8,11-12H,9-10H2,(H,19,20). The van der Waals surface area contributed by atoms with E-state index in [4.69, 9.17) is 4.74 Å². The van der Waals surface area contributed by atoms with Crippen molar-refractivity contribution in [2.45, 2.75) is 0 Å². The minimum Gasteiger partial charge on any atom is -0.492 e. The molecule has 0 atom stereocenters. The third-order valence-electron chi connectivity index (χ3n) is 2.58. The van der Waals surface area contributed by atoms with Crippen LogP contribution in [0.3, 0.4) is 0 Å². The average molecular weight is 286 g/mol. The molecule has 0 aliphatic carbocycles. The lowest BCUT2D eigenvalue weighted by molar-refractivity contribution is -0.116. The molecule has 1 aromatic heterocycles. The Bertz CT molecular complexity index is 615. The van der Waals surface area contributed by atoms with E-state index in [-0.39, 0.29) is 18.3 Å². The lowest BCUT2D eigenvalue weighted by Gasteiger charge is -2.06. The van der Waals surface area contributed by atoms with Crippen molar-refractivity contribution in [2.24, 2.45) is 0 Å². The van der Waals surface area contributed by atoms with E-state index in [9.17, 15) is 9.18 Å². The highest BCUT2D eigenvalue weighted by Gasteiger charge is 1.97. The van der Waals surface area contributed by atoms with Crippen molar-refractivity contribution in [3.63, 3.8) is 0 Å². The molecule has 0 fully saturated rings. The van der Waals surface area contributed by atoms with E-state index < -0.39 is 0 Å². The Labute approximate surface area is 122 Å². The van der Waals surface area contributed by atoms with Crippen LogP contribution < -0.4 is 10.1 Å². The van der Waals surface area contributed by atoms with Crippen molar-refractivity contribution in [2.75, 3.05) is 13.2 Å². The molecule has 108 valence electrons. The Kier molecular flexibility index (Phi) is 5.46. The fourth-order valence-corrected chi connectivity index (χ4v) is 1.61. The summed E-state index contributed by atoms with van der Waals surface area (Å²) in [5, 5.41) is 2.67. The SMILES string of the molecule is O=C(C=Cc1cccnc1)NCCOc1cccc(F)c1. The molecule has 2 rings (SSSR count). The summed E-state index contributed by atoms with van der Waals surface area (Å²) in [5.74, 6) is -0.132. The quantitative estimate of drug-likeness (QED) is 0.655. The van der Waals surface area contributed by atoms with Crippen molar-refractivity contribution in [1.82, 2.24) is 10.3 Å². The molecule has 21 heavy (non-hydrogen) atoms. The summed E-state index contributed by atoms with van der Waals surface area (Å²) in [4.78, 5) is 15.5. The molecule has 0 unspecified atom stereocenters. The highest BCUT2D eigenvalue weighted by Crippen LogP contribution is 2.11. The summed E-state index contributed by atoms with van der Waals surface area (Å²) >= 11 is 0. The third-order valence-corrected chi connectivity index (χ3v) is 2.58. The number of benzene rings is 1. The Morgan fingerprint density at radius 3 is 3.00 bits per heavy atom. The van der Waals surface area contributed by atoms with Crippen LogP contribution in [0.15, 0.2) is 54.9 Å².